The van der Waals surface area contributed by atoms with E-state index in [-0.39, 0.29) is 0 Å². The van der Waals surface area contributed by atoms with Gasteiger partial charge in [0.2, 0.25) is 0 Å². The molecule has 0 aliphatic heterocycles. The van der Waals surface area contributed by atoms with E-state index in [1.807, 2.05) is 30.3 Å². The third kappa shape index (κ3) is 6.66. The average Bonchev–Trinajstić information content (AvgIpc) is 3.99. The summed E-state index contributed by atoms with van der Waals surface area (Å²) in [6.07, 6.45) is 0. The Balaban J connectivity index is 0.938. The molecule has 0 amide bonds. The zero-order valence-electron chi connectivity index (χ0n) is 36.8. The molecule has 0 radical (unpaired) electrons. The van der Waals surface area contributed by atoms with Crippen LogP contribution in [0.1, 0.15) is 0 Å². The molecule has 6 heteroatoms. The van der Waals surface area contributed by atoms with Crippen LogP contribution < -0.4 is 0 Å². The fraction of sp³-hybridized carbons (Fsp3) is 0. The molecule has 0 aliphatic carbocycles. The molecule has 0 unspecified atom stereocenters. The Labute approximate surface area is 392 Å². The molecule has 0 saturated heterocycles. The molecule has 68 heavy (non-hydrogen) atoms. The summed E-state index contributed by atoms with van der Waals surface area (Å²) in [7, 11) is 0. The number of benzene rings is 9. The van der Waals surface area contributed by atoms with Crippen molar-refractivity contribution >= 4 is 38.1 Å². The predicted octanol–water partition coefficient (Wildman–Crippen LogP) is 15.4. The van der Waals surface area contributed by atoms with E-state index in [0.717, 1.165) is 83.4 Å². The lowest BCUT2D eigenvalue weighted by Crippen LogP contribution is -2.00. The third-order valence-corrected chi connectivity index (χ3v) is 13.0. The highest BCUT2D eigenvalue weighted by Gasteiger charge is 2.23. The van der Waals surface area contributed by atoms with Crippen molar-refractivity contribution in [2.45, 2.75) is 0 Å². The van der Waals surface area contributed by atoms with Crippen molar-refractivity contribution in [1.82, 2.24) is 29.1 Å². The summed E-state index contributed by atoms with van der Waals surface area (Å²) in [5, 5.41) is 10.2. The van der Waals surface area contributed by atoms with E-state index in [9.17, 15) is 0 Å². The van der Waals surface area contributed by atoms with E-state index in [0.29, 0.717) is 17.5 Å². The van der Waals surface area contributed by atoms with Crippen molar-refractivity contribution in [3.05, 3.63) is 243 Å². The van der Waals surface area contributed by atoms with Gasteiger partial charge in [0.05, 0.1) is 22.2 Å². The topological polar surface area (TPSA) is 60.9 Å². The number of nitrogens with zero attached hydrogens (tertiary/aromatic N) is 6. The van der Waals surface area contributed by atoms with Crippen LogP contribution in [0.2, 0.25) is 0 Å². The van der Waals surface area contributed by atoms with Crippen LogP contribution in [-0.4, -0.2) is 29.1 Å². The number of aromatic nitrogens is 6. The number of rotatable bonds is 8. The van der Waals surface area contributed by atoms with Crippen molar-refractivity contribution in [3.8, 4) is 84.6 Å². The van der Waals surface area contributed by atoms with Crippen LogP contribution in [0.5, 0.6) is 0 Å². The Morgan fingerprint density at radius 3 is 1.32 bits per heavy atom. The SMILES string of the molecule is c1ccc(-c2nc(-c3ccc(-c4cccc5c4cc(-c4ccccc4)n4nc(-c6ccccc6)c(-c6ccccc6)c54)cc3)nc(-c3ccc(-n4c5ccccc5c5ccccc54)cc3)n2)cc1. The predicted molar refractivity (Wildman–Crippen MR) is 278 cm³/mol. The van der Waals surface area contributed by atoms with Gasteiger partial charge in [0.15, 0.2) is 17.5 Å². The lowest BCUT2D eigenvalue weighted by molar-refractivity contribution is 0.979. The fourth-order valence-electron chi connectivity index (χ4n) is 9.82. The van der Waals surface area contributed by atoms with Gasteiger partial charge < -0.3 is 4.57 Å². The second kappa shape index (κ2) is 16.3. The van der Waals surface area contributed by atoms with Crippen molar-refractivity contribution in [3.63, 3.8) is 0 Å². The minimum atomic E-state index is 0.609. The summed E-state index contributed by atoms with van der Waals surface area (Å²) in [6.45, 7) is 0. The van der Waals surface area contributed by atoms with Gasteiger partial charge >= 0.3 is 0 Å². The molecule has 0 saturated carbocycles. The van der Waals surface area contributed by atoms with Gasteiger partial charge in [-0.15, -0.1) is 0 Å². The van der Waals surface area contributed by atoms with E-state index < -0.39 is 0 Å². The van der Waals surface area contributed by atoms with Gasteiger partial charge in [-0.1, -0.05) is 200 Å². The number of fused-ring (bicyclic) bond motifs is 6. The maximum absolute atomic E-state index is 5.43. The highest BCUT2D eigenvalue weighted by Crippen LogP contribution is 2.43. The quantitative estimate of drug-likeness (QED) is 0.153. The van der Waals surface area contributed by atoms with E-state index in [4.69, 9.17) is 20.1 Å². The molecule has 318 valence electrons. The molecule has 0 bridgehead atoms. The minimum Gasteiger partial charge on any atom is -0.309 e. The first kappa shape index (κ1) is 39.1. The molecule has 0 fully saturated rings. The highest BCUT2D eigenvalue weighted by molar-refractivity contribution is 6.13. The highest BCUT2D eigenvalue weighted by atomic mass is 15.2. The maximum Gasteiger partial charge on any atom is 0.164 e. The van der Waals surface area contributed by atoms with Crippen molar-refractivity contribution < 1.29 is 0 Å². The van der Waals surface area contributed by atoms with Crippen molar-refractivity contribution in [1.29, 1.82) is 0 Å². The third-order valence-electron chi connectivity index (χ3n) is 13.0. The first-order valence-electron chi connectivity index (χ1n) is 22.9. The van der Waals surface area contributed by atoms with E-state index >= 15 is 0 Å². The van der Waals surface area contributed by atoms with Crippen LogP contribution in [0.25, 0.3) is 123 Å². The zero-order chi connectivity index (χ0) is 45.0. The van der Waals surface area contributed by atoms with Gasteiger partial charge in [-0.05, 0) is 64.5 Å². The average molecular weight is 869 g/mol. The zero-order valence-corrected chi connectivity index (χ0v) is 36.8. The van der Waals surface area contributed by atoms with Gasteiger partial charge in [-0.2, -0.15) is 5.10 Å². The van der Waals surface area contributed by atoms with Gasteiger partial charge in [-0.3, -0.25) is 0 Å². The Kier molecular flexibility index (Phi) is 9.39. The molecule has 0 N–H and O–H groups in total. The molecule has 4 heterocycles. The Morgan fingerprint density at radius 1 is 0.309 bits per heavy atom. The summed E-state index contributed by atoms with van der Waals surface area (Å²) < 4.78 is 4.47. The van der Waals surface area contributed by atoms with Crippen LogP contribution in [0.4, 0.5) is 0 Å². The van der Waals surface area contributed by atoms with Gasteiger partial charge in [-0.25, -0.2) is 19.5 Å². The van der Waals surface area contributed by atoms with Crippen molar-refractivity contribution in [2.24, 2.45) is 0 Å². The van der Waals surface area contributed by atoms with Crippen LogP contribution in [-0.2, 0) is 0 Å². The number of hydrogen-bond acceptors (Lipinski definition) is 4. The number of hydrogen-bond donors (Lipinski definition) is 0. The van der Waals surface area contributed by atoms with Crippen molar-refractivity contribution in [2.75, 3.05) is 0 Å². The number of para-hydroxylation sites is 2. The molecular weight excluding hydrogens is 829 g/mol. The van der Waals surface area contributed by atoms with Crippen LogP contribution in [0.3, 0.4) is 0 Å². The second-order valence-electron chi connectivity index (χ2n) is 17.0. The maximum atomic E-state index is 5.43. The summed E-state index contributed by atoms with van der Waals surface area (Å²) in [6, 6.07) is 85.1. The molecule has 13 rings (SSSR count). The second-order valence-corrected chi connectivity index (χ2v) is 17.0. The fourth-order valence-corrected chi connectivity index (χ4v) is 9.82. The smallest absolute Gasteiger partial charge is 0.164 e. The lowest BCUT2D eigenvalue weighted by Gasteiger charge is -2.14. The summed E-state index contributed by atoms with van der Waals surface area (Å²) in [5.41, 5.74) is 15.8. The van der Waals surface area contributed by atoms with E-state index in [2.05, 4.69) is 221 Å². The molecule has 6 nitrogen and oxygen atoms in total. The van der Waals surface area contributed by atoms with Gasteiger partial charge in [0, 0.05) is 55.2 Å². The minimum absolute atomic E-state index is 0.609. The van der Waals surface area contributed by atoms with Gasteiger partial charge in [0.25, 0.3) is 0 Å². The monoisotopic (exact) mass is 868 g/mol. The summed E-state index contributed by atoms with van der Waals surface area (Å²) >= 11 is 0. The molecule has 0 aliphatic rings. The summed E-state index contributed by atoms with van der Waals surface area (Å²) in [5.74, 6) is 1.85. The molecule has 4 aromatic heterocycles. The van der Waals surface area contributed by atoms with Gasteiger partial charge in [0.1, 0.15) is 5.69 Å². The van der Waals surface area contributed by atoms with Crippen LogP contribution in [0, 0.1) is 0 Å². The molecule has 9 aromatic carbocycles. The Hall–Kier alpha value is -9.26. The van der Waals surface area contributed by atoms with Crippen LogP contribution in [0.15, 0.2) is 243 Å². The molecular formula is C62H40N6. The first-order valence-corrected chi connectivity index (χ1v) is 22.9. The molecule has 13 aromatic rings. The van der Waals surface area contributed by atoms with E-state index in [1.165, 1.54) is 21.8 Å². The normalized spacial score (nSPS) is 11.5. The largest absolute Gasteiger partial charge is 0.309 e. The Morgan fingerprint density at radius 2 is 0.750 bits per heavy atom. The standard InChI is InChI=1S/C62H40N6/c1-5-18-42(19-6-1)56-40-53-49(28-17-29-52(53)59-57(43-20-7-2-8-21-43)58(66-68(56)59)44-22-9-3-10-23-44)41-32-34-46(35-33-41)61-63-60(45-24-11-4-12-25-45)64-62(65-61)47-36-38-48(39-37-47)67-54-30-15-13-26-50(54)51-27-14-16-31-55(51)67/h1-40H. The summed E-state index contributed by atoms with van der Waals surface area (Å²) in [4.78, 5) is 15.3. The molecule has 0 spiro atoms. The molecule has 0 atom stereocenters. The number of pyridine rings is 1. The van der Waals surface area contributed by atoms with E-state index in [1.54, 1.807) is 0 Å². The van der Waals surface area contributed by atoms with Crippen LogP contribution >= 0.6 is 0 Å². The lowest BCUT2D eigenvalue weighted by atomic mass is 9.93. The Bertz CT molecular complexity index is 3920. The first-order chi connectivity index (χ1) is 33.7.